The van der Waals surface area contributed by atoms with Crippen molar-refractivity contribution in [2.45, 2.75) is 5.88 Å². The van der Waals surface area contributed by atoms with Crippen LogP contribution in [0.4, 0.5) is 0 Å². The van der Waals surface area contributed by atoms with Gasteiger partial charge in [0.25, 0.3) is 0 Å². The van der Waals surface area contributed by atoms with Crippen LogP contribution in [0.1, 0.15) is 5.82 Å². The van der Waals surface area contributed by atoms with Gasteiger partial charge in [0.1, 0.15) is 5.82 Å². The molecule has 0 saturated heterocycles. The number of fused-ring (bicyclic) bond motifs is 1. The summed E-state index contributed by atoms with van der Waals surface area (Å²) in [5.41, 5.74) is 1.71. The molecule has 0 spiro atoms. The minimum atomic E-state index is 0. The molecule has 1 N–H and O–H groups in total. The Hall–Kier alpha value is -1.13. The van der Waals surface area contributed by atoms with Gasteiger partial charge in [0.2, 0.25) is 0 Å². The SMILES string of the molecule is COc1cc2nc(CCl)[nH]c2cc1OC.Cl. The first kappa shape index (κ1) is 12.9. The van der Waals surface area contributed by atoms with Crippen LogP contribution >= 0.6 is 24.0 Å². The number of benzene rings is 1. The molecule has 0 aliphatic carbocycles. The molecule has 6 heteroatoms. The molecule has 0 radical (unpaired) electrons. The monoisotopic (exact) mass is 262 g/mol. The molecule has 0 amide bonds. The maximum atomic E-state index is 5.69. The summed E-state index contributed by atoms with van der Waals surface area (Å²) >= 11 is 5.69. The predicted molar refractivity (Wildman–Crippen MR) is 66.0 cm³/mol. The van der Waals surface area contributed by atoms with Crippen molar-refractivity contribution in [2.24, 2.45) is 0 Å². The van der Waals surface area contributed by atoms with E-state index in [-0.39, 0.29) is 12.4 Å². The molecule has 1 heterocycles. The maximum absolute atomic E-state index is 5.69. The van der Waals surface area contributed by atoms with Crippen LogP contribution in [0.5, 0.6) is 11.5 Å². The lowest BCUT2D eigenvalue weighted by Gasteiger charge is -2.06. The Morgan fingerprint density at radius 1 is 1.25 bits per heavy atom. The number of aromatic amines is 1. The second-order valence-electron chi connectivity index (χ2n) is 3.04. The van der Waals surface area contributed by atoms with E-state index >= 15 is 0 Å². The zero-order chi connectivity index (χ0) is 10.8. The van der Waals surface area contributed by atoms with Crippen molar-refractivity contribution in [1.82, 2.24) is 9.97 Å². The van der Waals surface area contributed by atoms with Crippen molar-refractivity contribution in [2.75, 3.05) is 14.2 Å². The molecule has 1 aromatic carbocycles. The first-order chi connectivity index (χ1) is 7.28. The summed E-state index contributed by atoms with van der Waals surface area (Å²) in [6.45, 7) is 0. The zero-order valence-corrected chi connectivity index (χ0v) is 10.5. The van der Waals surface area contributed by atoms with Gasteiger partial charge in [-0.05, 0) is 0 Å². The molecule has 2 aromatic rings. The molecule has 0 aliphatic rings. The van der Waals surface area contributed by atoms with Gasteiger partial charge in [-0.3, -0.25) is 0 Å². The van der Waals surface area contributed by atoms with Crippen LogP contribution in [0.2, 0.25) is 0 Å². The molecule has 0 atom stereocenters. The van der Waals surface area contributed by atoms with Crippen molar-refractivity contribution in [1.29, 1.82) is 0 Å². The number of rotatable bonds is 3. The fraction of sp³-hybridized carbons (Fsp3) is 0.300. The lowest BCUT2D eigenvalue weighted by molar-refractivity contribution is 0.356. The molecule has 0 saturated carbocycles. The molecule has 88 valence electrons. The maximum Gasteiger partial charge on any atom is 0.163 e. The number of H-pyrrole nitrogens is 1. The number of ether oxygens (including phenoxy) is 2. The number of nitrogens with zero attached hydrogens (tertiary/aromatic N) is 1. The lowest BCUT2D eigenvalue weighted by atomic mass is 10.3. The van der Waals surface area contributed by atoms with Crippen LogP contribution in [0.15, 0.2) is 12.1 Å². The molecule has 1 aromatic heterocycles. The third-order valence-electron chi connectivity index (χ3n) is 2.16. The van der Waals surface area contributed by atoms with E-state index in [2.05, 4.69) is 9.97 Å². The molecular weight excluding hydrogens is 251 g/mol. The Morgan fingerprint density at radius 2 is 1.88 bits per heavy atom. The Kier molecular flexibility index (Phi) is 4.26. The van der Waals surface area contributed by atoms with E-state index in [0.29, 0.717) is 17.4 Å². The summed E-state index contributed by atoms with van der Waals surface area (Å²) in [6.07, 6.45) is 0. The number of imidazole rings is 1. The van der Waals surface area contributed by atoms with Crippen molar-refractivity contribution >= 4 is 35.0 Å². The normalized spacial score (nSPS) is 9.94. The number of halogens is 2. The van der Waals surface area contributed by atoms with Crippen LogP contribution in [-0.2, 0) is 5.88 Å². The Morgan fingerprint density at radius 3 is 2.44 bits per heavy atom. The molecule has 2 rings (SSSR count). The number of methoxy groups -OCH3 is 2. The number of aromatic nitrogens is 2. The van der Waals surface area contributed by atoms with Gasteiger partial charge in [-0.25, -0.2) is 4.98 Å². The highest BCUT2D eigenvalue weighted by molar-refractivity contribution is 6.16. The van der Waals surface area contributed by atoms with Crippen LogP contribution < -0.4 is 9.47 Å². The summed E-state index contributed by atoms with van der Waals surface area (Å²) in [7, 11) is 3.20. The van der Waals surface area contributed by atoms with E-state index in [1.54, 1.807) is 14.2 Å². The largest absolute Gasteiger partial charge is 0.493 e. The van der Waals surface area contributed by atoms with Crippen molar-refractivity contribution in [3.8, 4) is 11.5 Å². The van der Waals surface area contributed by atoms with E-state index < -0.39 is 0 Å². The van der Waals surface area contributed by atoms with Crippen LogP contribution in [-0.4, -0.2) is 24.2 Å². The minimum absolute atomic E-state index is 0. The Bertz CT molecular complexity index is 444. The smallest absolute Gasteiger partial charge is 0.163 e. The van der Waals surface area contributed by atoms with Gasteiger partial charge in [0.05, 0.1) is 31.1 Å². The van der Waals surface area contributed by atoms with Gasteiger partial charge in [0.15, 0.2) is 11.5 Å². The van der Waals surface area contributed by atoms with Gasteiger partial charge in [-0.2, -0.15) is 0 Å². The third-order valence-corrected chi connectivity index (χ3v) is 2.42. The van der Waals surface area contributed by atoms with Gasteiger partial charge in [0, 0.05) is 12.1 Å². The average Bonchev–Trinajstić information content (AvgIpc) is 2.68. The highest BCUT2D eigenvalue weighted by atomic mass is 35.5. The summed E-state index contributed by atoms with van der Waals surface area (Å²) in [4.78, 5) is 7.38. The standard InChI is InChI=1S/C10H11ClN2O2.ClH/c1-14-8-3-6-7(4-9(8)15-2)13-10(5-11)12-6;/h3-4H,5H2,1-2H3,(H,12,13);1H. The summed E-state index contributed by atoms with van der Waals surface area (Å²) < 4.78 is 10.4. The van der Waals surface area contributed by atoms with Crippen molar-refractivity contribution in [3.63, 3.8) is 0 Å². The lowest BCUT2D eigenvalue weighted by Crippen LogP contribution is -1.89. The highest BCUT2D eigenvalue weighted by Crippen LogP contribution is 2.31. The topological polar surface area (TPSA) is 47.1 Å². The summed E-state index contributed by atoms with van der Waals surface area (Å²) in [6, 6.07) is 3.66. The number of nitrogens with one attached hydrogen (secondary N) is 1. The van der Waals surface area contributed by atoms with E-state index in [1.165, 1.54) is 0 Å². The van der Waals surface area contributed by atoms with E-state index in [4.69, 9.17) is 21.1 Å². The molecule has 16 heavy (non-hydrogen) atoms. The number of alkyl halides is 1. The van der Waals surface area contributed by atoms with Crippen LogP contribution in [0, 0.1) is 0 Å². The van der Waals surface area contributed by atoms with Crippen molar-refractivity contribution in [3.05, 3.63) is 18.0 Å². The first-order valence-electron chi connectivity index (χ1n) is 4.45. The minimum Gasteiger partial charge on any atom is -0.493 e. The van der Waals surface area contributed by atoms with Gasteiger partial charge < -0.3 is 14.5 Å². The molecular formula is C10H12Cl2N2O2. The molecule has 4 nitrogen and oxygen atoms in total. The zero-order valence-electron chi connectivity index (χ0n) is 8.91. The van der Waals surface area contributed by atoms with Gasteiger partial charge in [-0.15, -0.1) is 24.0 Å². The fourth-order valence-electron chi connectivity index (χ4n) is 1.45. The van der Waals surface area contributed by atoms with E-state index in [0.717, 1.165) is 16.9 Å². The van der Waals surface area contributed by atoms with Crippen molar-refractivity contribution < 1.29 is 9.47 Å². The molecule has 0 unspecified atom stereocenters. The van der Waals surface area contributed by atoms with Gasteiger partial charge >= 0.3 is 0 Å². The second-order valence-corrected chi connectivity index (χ2v) is 3.31. The Labute approximate surface area is 104 Å². The number of hydrogen-bond acceptors (Lipinski definition) is 3. The van der Waals surface area contributed by atoms with Crippen LogP contribution in [0.3, 0.4) is 0 Å². The summed E-state index contributed by atoms with van der Waals surface area (Å²) in [5.74, 6) is 2.44. The highest BCUT2D eigenvalue weighted by Gasteiger charge is 2.09. The first-order valence-corrected chi connectivity index (χ1v) is 4.98. The average molecular weight is 263 g/mol. The number of hydrogen-bond donors (Lipinski definition) is 1. The molecule has 0 fully saturated rings. The van der Waals surface area contributed by atoms with Crippen LogP contribution in [0.25, 0.3) is 11.0 Å². The quantitative estimate of drug-likeness (QED) is 0.866. The van der Waals surface area contributed by atoms with E-state index in [9.17, 15) is 0 Å². The van der Waals surface area contributed by atoms with Gasteiger partial charge in [-0.1, -0.05) is 0 Å². The van der Waals surface area contributed by atoms with E-state index in [1.807, 2.05) is 12.1 Å². The third kappa shape index (κ3) is 2.18. The Balaban J connectivity index is 0.00000128. The second kappa shape index (κ2) is 5.27. The molecule has 0 aliphatic heterocycles. The molecule has 0 bridgehead atoms. The fourth-order valence-corrected chi connectivity index (χ4v) is 1.58. The predicted octanol–water partition coefficient (Wildman–Crippen LogP) is 2.74. The summed E-state index contributed by atoms with van der Waals surface area (Å²) in [5, 5.41) is 0.